The van der Waals surface area contributed by atoms with E-state index in [9.17, 15) is 4.79 Å². The second-order valence-corrected chi connectivity index (χ2v) is 6.31. The summed E-state index contributed by atoms with van der Waals surface area (Å²) in [7, 11) is 0. The minimum absolute atomic E-state index is 0.182. The summed E-state index contributed by atoms with van der Waals surface area (Å²) < 4.78 is 5.38. The van der Waals surface area contributed by atoms with Crippen molar-refractivity contribution in [1.82, 2.24) is 9.88 Å². The minimum Gasteiger partial charge on any atom is -0.444 e. The molecule has 0 saturated heterocycles. The third kappa shape index (κ3) is 3.78. The van der Waals surface area contributed by atoms with Gasteiger partial charge in [-0.05, 0) is 26.3 Å². The SMILES string of the molecule is CC(C)(C)OC(=O)N1CC(c2cscn2)=CC(N)C1. The highest BCUT2D eigenvalue weighted by Gasteiger charge is 2.27. The zero-order chi connectivity index (χ0) is 14.0. The van der Waals surface area contributed by atoms with Gasteiger partial charge in [0.05, 0.1) is 17.7 Å². The largest absolute Gasteiger partial charge is 0.444 e. The molecule has 1 aromatic heterocycles. The Morgan fingerprint density at radius 3 is 2.89 bits per heavy atom. The van der Waals surface area contributed by atoms with Gasteiger partial charge in [-0.3, -0.25) is 0 Å². The zero-order valence-electron chi connectivity index (χ0n) is 11.4. The van der Waals surface area contributed by atoms with Gasteiger partial charge in [0.25, 0.3) is 0 Å². The summed E-state index contributed by atoms with van der Waals surface area (Å²) >= 11 is 1.53. The van der Waals surface area contributed by atoms with Crippen LogP contribution in [0, 0.1) is 0 Å². The van der Waals surface area contributed by atoms with Crippen LogP contribution in [-0.2, 0) is 4.74 Å². The highest BCUT2D eigenvalue weighted by molar-refractivity contribution is 7.07. The Bertz CT molecular complexity index is 477. The Balaban J connectivity index is 2.10. The van der Waals surface area contributed by atoms with Crippen molar-refractivity contribution in [2.24, 2.45) is 5.73 Å². The molecular weight excluding hydrogens is 262 g/mol. The van der Waals surface area contributed by atoms with Gasteiger partial charge < -0.3 is 15.4 Å². The molecule has 104 valence electrons. The maximum absolute atomic E-state index is 12.1. The topological polar surface area (TPSA) is 68.5 Å². The van der Waals surface area contributed by atoms with Crippen LogP contribution in [0.15, 0.2) is 17.0 Å². The van der Waals surface area contributed by atoms with Gasteiger partial charge in [0, 0.05) is 18.0 Å². The Morgan fingerprint density at radius 2 is 2.32 bits per heavy atom. The molecule has 1 unspecified atom stereocenters. The maximum atomic E-state index is 12.1. The molecule has 19 heavy (non-hydrogen) atoms. The molecule has 0 bridgehead atoms. The van der Waals surface area contributed by atoms with Crippen molar-refractivity contribution in [3.63, 3.8) is 0 Å². The van der Waals surface area contributed by atoms with Crippen molar-refractivity contribution in [3.05, 3.63) is 22.7 Å². The standard InChI is InChI=1S/C13H19N3O2S/c1-13(2,3)18-12(17)16-5-9(4-10(14)6-16)11-7-19-8-15-11/h4,7-8,10H,5-6,14H2,1-3H3. The molecule has 5 nitrogen and oxygen atoms in total. The summed E-state index contributed by atoms with van der Waals surface area (Å²) in [5, 5.41) is 1.96. The Labute approximate surface area is 117 Å². The molecule has 1 atom stereocenters. The van der Waals surface area contributed by atoms with E-state index in [0.29, 0.717) is 13.1 Å². The lowest BCUT2D eigenvalue weighted by Crippen LogP contribution is -2.46. The van der Waals surface area contributed by atoms with Crippen LogP contribution in [0.5, 0.6) is 0 Å². The molecule has 1 aromatic rings. The average molecular weight is 281 g/mol. The van der Waals surface area contributed by atoms with Crippen LogP contribution in [0.3, 0.4) is 0 Å². The van der Waals surface area contributed by atoms with Crippen LogP contribution in [-0.4, -0.2) is 40.7 Å². The number of hydrogen-bond acceptors (Lipinski definition) is 5. The second-order valence-electron chi connectivity index (χ2n) is 5.59. The number of rotatable bonds is 1. The predicted molar refractivity (Wildman–Crippen MR) is 75.9 cm³/mol. The van der Waals surface area contributed by atoms with Gasteiger partial charge in [0.2, 0.25) is 0 Å². The van der Waals surface area contributed by atoms with E-state index in [0.717, 1.165) is 11.3 Å². The molecule has 6 heteroatoms. The highest BCUT2D eigenvalue weighted by atomic mass is 32.1. The first-order chi connectivity index (χ1) is 8.85. The van der Waals surface area contributed by atoms with Gasteiger partial charge >= 0.3 is 6.09 Å². The summed E-state index contributed by atoms with van der Waals surface area (Å²) in [6, 6.07) is -0.182. The lowest BCUT2D eigenvalue weighted by molar-refractivity contribution is 0.0265. The third-order valence-corrected chi connectivity index (χ3v) is 3.21. The van der Waals surface area contributed by atoms with Crippen LogP contribution >= 0.6 is 11.3 Å². The summed E-state index contributed by atoms with van der Waals surface area (Å²) in [6.07, 6.45) is 1.64. The lowest BCUT2D eigenvalue weighted by atomic mass is 10.1. The number of ether oxygens (including phenoxy) is 1. The van der Waals surface area contributed by atoms with Crippen molar-refractivity contribution in [1.29, 1.82) is 0 Å². The first-order valence-electron chi connectivity index (χ1n) is 6.18. The van der Waals surface area contributed by atoms with Gasteiger partial charge in [-0.15, -0.1) is 11.3 Å². The number of carbonyl (C=O) groups excluding carboxylic acids is 1. The van der Waals surface area contributed by atoms with Crippen molar-refractivity contribution < 1.29 is 9.53 Å². The van der Waals surface area contributed by atoms with E-state index in [1.807, 2.05) is 32.2 Å². The lowest BCUT2D eigenvalue weighted by Gasteiger charge is -2.32. The number of carbonyl (C=O) groups is 1. The first-order valence-corrected chi connectivity index (χ1v) is 7.12. The Morgan fingerprint density at radius 1 is 1.58 bits per heavy atom. The molecule has 1 amide bonds. The number of hydrogen-bond donors (Lipinski definition) is 1. The van der Waals surface area contributed by atoms with Crippen LogP contribution in [0.1, 0.15) is 26.5 Å². The van der Waals surface area contributed by atoms with Crippen LogP contribution in [0.25, 0.3) is 5.57 Å². The predicted octanol–water partition coefficient (Wildman–Crippen LogP) is 2.10. The molecule has 0 saturated carbocycles. The summed E-state index contributed by atoms with van der Waals surface area (Å²) in [5.41, 5.74) is 9.11. The molecule has 1 aliphatic heterocycles. The highest BCUT2D eigenvalue weighted by Crippen LogP contribution is 2.21. The Hall–Kier alpha value is -1.40. The fourth-order valence-corrected chi connectivity index (χ4v) is 2.47. The first kappa shape index (κ1) is 14.0. The van der Waals surface area contributed by atoms with E-state index in [-0.39, 0.29) is 12.1 Å². The fraction of sp³-hybridized carbons (Fsp3) is 0.538. The van der Waals surface area contributed by atoms with Gasteiger partial charge in [-0.25, -0.2) is 9.78 Å². The number of aromatic nitrogens is 1. The molecule has 0 fully saturated rings. The molecule has 2 heterocycles. The van der Waals surface area contributed by atoms with E-state index < -0.39 is 5.60 Å². The number of thiazole rings is 1. The van der Waals surface area contributed by atoms with E-state index in [4.69, 9.17) is 10.5 Å². The van der Waals surface area contributed by atoms with E-state index in [1.54, 1.807) is 10.4 Å². The van der Waals surface area contributed by atoms with Crippen molar-refractivity contribution in [2.45, 2.75) is 32.4 Å². The van der Waals surface area contributed by atoms with Crippen molar-refractivity contribution >= 4 is 23.0 Å². The average Bonchev–Trinajstić information content (AvgIpc) is 2.79. The van der Waals surface area contributed by atoms with Gasteiger partial charge in [0.1, 0.15) is 5.60 Å². The maximum Gasteiger partial charge on any atom is 0.410 e. The van der Waals surface area contributed by atoms with E-state index in [2.05, 4.69) is 4.98 Å². The molecule has 0 radical (unpaired) electrons. The molecular formula is C13H19N3O2S. The van der Waals surface area contributed by atoms with Crippen molar-refractivity contribution in [2.75, 3.05) is 13.1 Å². The second kappa shape index (κ2) is 5.30. The smallest absolute Gasteiger partial charge is 0.410 e. The third-order valence-electron chi connectivity index (χ3n) is 2.62. The summed E-state index contributed by atoms with van der Waals surface area (Å²) in [5.74, 6) is 0. The normalized spacial score (nSPS) is 20.1. The van der Waals surface area contributed by atoms with Gasteiger partial charge in [-0.2, -0.15) is 0 Å². The summed E-state index contributed by atoms with van der Waals surface area (Å²) in [4.78, 5) is 18.0. The molecule has 2 rings (SSSR count). The van der Waals surface area contributed by atoms with Crippen LogP contribution in [0.4, 0.5) is 4.79 Å². The minimum atomic E-state index is -0.497. The molecule has 1 aliphatic rings. The van der Waals surface area contributed by atoms with E-state index in [1.165, 1.54) is 11.3 Å². The molecule has 0 aliphatic carbocycles. The number of amides is 1. The van der Waals surface area contributed by atoms with Crippen LogP contribution in [0.2, 0.25) is 0 Å². The van der Waals surface area contributed by atoms with Crippen molar-refractivity contribution in [3.8, 4) is 0 Å². The number of nitrogens with two attached hydrogens (primary N) is 1. The van der Waals surface area contributed by atoms with Gasteiger partial charge in [0.15, 0.2) is 0 Å². The number of nitrogens with zero attached hydrogens (tertiary/aromatic N) is 2. The Kier molecular flexibility index (Phi) is 3.91. The molecule has 0 spiro atoms. The zero-order valence-corrected chi connectivity index (χ0v) is 12.2. The fourth-order valence-electron chi connectivity index (χ4n) is 1.89. The monoisotopic (exact) mass is 281 g/mol. The quantitative estimate of drug-likeness (QED) is 0.856. The van der Waals surface area contributed by atoms with Crippen LogP contribution < -0.4 is 5.73 Å². The molecule has 0 aromatic carbocycles. The summed E-state index contributed by atoms with van der Waals surface area (Å²) in [6.45, 7) is 6.53. The van der Waals surface area contributed by atoms with E-state index >= 15 is 0 Å². The van der Waals surface area contributed by atoms with Gasteiger partial charge in [-0.1, -0.05) is 6.08 Å². The molecule has 2 N–H and O–H groups in total.